The van der Waals surface area contributed by atoms with E-state index in [0.29, 0.717) is 32.0 Å². The summed E-state index contributed by atoms with van der Waals surface area (Å²) in [5, 5.41) is 1.57. The molecule has 0 radical (unpaired) electrons. The molecule has 1 aliphatic rings. The van der Waals surface area contributed by atoms with Gasteiger partial charge in [0, 0.05) is 5.56 Å². The van der Waals surface area contributed by atoms with Gasteiger partial charge >= 0.3 is 0 Å². The molecule has 1 fully saturated rings. The molecule has 174 valence electrons. The van der Waals surface area contributed by atoms with Crippen LogP contribution in [-0.2, 0) is 4.79 Å². The number of aromatic nitrogens is 2. The van der Waals surface area contributed by atoms with Crippen molar-refractivity contribution in [3.63, 3.8) is 0 Å². The maximum atomic E-state index is 14.3. The van der Waals surface area contributed by atoms with Gasteiger partial charge in [-0.25, -0.2) is 4.98 Å². The number of ether oxygens (including phenoxy) is 2. The molecule has 0 bridgehead atoms. The van der Waals surface area contributed by atoms with Gasteiger partial charge in [0.15, 0.2) is 4.32 Å². The number of carbonyl (C=O) groups is 1. The molecule has 0 unspecified atom stereocenters. The molecule has 35 heavy (non-hydrogen) atoms. The van der Waals surface area contributed by atoms with E-state index in [2.05, 4.69) is 9.97 Å². The first-order valence-corrected chi connectivity index (χ1v) is 11.8. The molecule has 0 spiro atoms. The van der Waals surface area contributed by atoms with Crippen molar-refractivity contribution in [3.05, 3.63) is 88.4 Å². The fraction of sp³-hybridized carbons (Fsp3) is 0.0400. The summed E-state index contributed by atoms with van der Waals surface area (Å²) in [6.07, 6.45) is 2.63. The molecule has 5 rings (SSSR count). The number of fused-ring (bicyclic) bond motifs is 1. The van der Waals surface area contributed by atoms with Crippen LogP contribution < -0.4 is 14.4 Å². The zero-order chi connectivity index (χ0) is 24.5. The molecule has 6 nitrogen and oxygen atoms in total. The Balaban J connectivity index is 1.58. The number of anilines is 1. The van der Waals surface area contributed by atoms with Crippen LogP contribution in [-0.4, -0.2) is 27.3 Å². The van der Waals surface area contributed by atoms with Gasteiger partial charge in [-0.15, -0.1) is 0 Å². The third kappa shape index (κ3) is 4.58. The summed E-state index contributed by atoms with van der Waals surface area (Å²) in [7, 11) is 1.57. The lowest BCUT2D eigenvalue weighted by Gasteiger charge is -2.15. The molecule has 2 heterocycles. The molecule has 10 heteroatoms. The third-order valence-corrected chi connectivity index (χ3v) is 6.70. The first kappa shape index (κ1) is 23.2. The van der Waals surface area contributed by atoms with Crippen molar-refractivity contribution in [2.75, 3.05) is 12.0 Å². The Morgan fingerprint density at radius 2 is 1.89 bits per heavy atom. The summed E-state index contributed by atoms with van der Waals surface area (Å²) in [6, 6.07) is 18.2. The minimum absolute atomic E-state index is 0.149. The summed E-state index contributed by atoms with van der Waals surface area (Å²) < 4.78 is 25.7. The van der Waals surface area contributed by atoms with Crippen molar-refractivity contribution in [1.82, 2.24) is 9.97 Å². The van der Waals surface area contributed by atoms with E-state index in [4.69, 9.17) is 33.3 Å². The van der Waals surface area contributed by atoms with Crippen LogP contribution in [0.4, 0.5) is 10.1 Å². The largest absolute Gasteiger partial charge is 0.497 e. The van der Waals surface area contributed by atoms with Gasteiger partial charge in [-0.05, 0) is 58.8 Å². The van der Waals surface area contributed by atoms with E-state index in [1.165, 1.54) is 16.7 Å². The maximum absolute atomic E-state index is 14.3. The van der Waals surface area contributed by atoms with Crippen LogP contribution in [0.3, 0.4) is 0 Å². The fourth-order valence-electron chi connectivity index (χ4n) is 3.57. The van der Waals surface area contributed by atoms with Crippen molar-refractivity contribution >= 4 is 68.3 Å². The van der Waals surface area contributed by atoms with Crippen molar-refractivity contribution in [2.24, 2.45) is 0 Å². The van der Waals surface area contributed by atoms with Gasteiger partial charge in [0.25, 0.3) is 11.8 Å². The number of benzene rings is 3. The second kappa shape index (κ2) is 9.61. The average Bonchev–Trinajstić information content (AvgIpc) is 3.15. The van der Waals surface area contributed by atoms with Crippen LogP contribution in [0.25, 0.3) is 16.8 Å². The minimum atomic E-state index is -0.765. The zero-order valence-corrected chi connectivity index (χ0v) is 20.5. The molecule has 4 aromatic rings. The van der Waals surface area contributed by atoms with E-state index in [1.807, 2.05) is 30.3 Å². The van der Waals surface area contributed by atoms with Gasteiger partial charge in [0.2, 0.25) is 11.1 Å². The Morgan fingerprint density at radius 3 is 2.66 bits per heavy atom. The number of nitrogens with zero attached hydrogens (tertiary/aromatic N) is 3. The lowest BCUT2D eigenvalue weighted by molar-refractivity contribution is -0.113. The molecule has 0 atom stereocenters. The van der Waals surface area contributed by atoms with E-state index in [0.717, 1.165) is 17.0 Å². The van der Waals surface area contributed by atoms with Gasteiger partial charge < -0.3 is 9.47 Å². The SMILES string of the molecule is COc1ccc(N2C(=O)/C(=C/c3c(Oc4nc(Cl)ncc4F)ccc4ccccc34)SC2=S)cc1. The quantitative estimate of drug-likeness (QED) is 0.165. The fourth-order valence-corrected chi connectivity index (χ4v) is 4.98. The third-order valence-electron chi connectivity index (χ3n) is 5.22. The molecule has 0 aliphatic carbocycles. The standard InChI is InChI=1S/C25H15ClFN3O3S2/c1-32-16-9-7-15(8-10-16)30-23(31)21(35-25(30)34)12-18-17-5-3-2-4-14(17)6-11-20(18)33-22-19(27)13-28-24(26)29-22/h2-13H,1H3/b21-12-. The van der Waals surface area contributed by atoms with Gasteiger partial charge in [-0.2, -0.15) is 9.37 Å². The summed E-state index contributed by atoms with van der Waals surface area (Å²) in [5.41, 5.74) is 1.20. The topological polar surface area (TPSA) is 64.5 Å². The molecular weight excluding hydrogens is 509 g/mol. The smallest absolute Gasteiger partial charge is 0.270 e. The highest BCUT2D eigenvalue weighted by Crippen LogP contribution is 2.40. The Kier molecular flexibility index (Phi) is 6.38. The van der Waals surface area contributed by atoms with Crippen molar-refractivity contribution < 1.29 is 18.7 Å². The number of thiocarbonyl (C=S) groups is 1. The molecule has 1 saturated heterocycles. The molecule has 0 saturated carbocycles. The molecule has 0 N–H and O–H groups in total. The first-order valence-electron chi connectivity index (χ1n) is 10.2. The summed E-state index contributed by atoms with van der Waals surface area (Å²) in [5.74, 6) is -0.392. The number of hydrogen-bond acceptors (Lipinski definition) is 7. The van der Waals surface area contributed by atoms with E-state index in [1.54, 1.807) is 43.5 Å². The number of thioether (sulfide) groups is 1. The Morgan fingerprint density at radius 1 is 1.11 bits per heavy atom. The Bertz CT molecular complexity index is 1510. The second-order valence-electron chi connectivity index (χ2n) is 7.31. The number of methoxy groups -OCH3 is 1. The summed E-state index contributed by atoms with van der Waals surface area (Å²) >= 11 is 12.5. The monoisotopic (exact) mass is 523 g/mol. The first-order chi connectivity index (χ1) is 16.9. The van der Waals surface area contributed by atoms with E-state index >= 15 is 0 Å². The predicted molar refractivity (Wildman–Crippen MR) is 140 cm³/mol. The predicted octanol–water partition coefficient (Wildman–Crippen LogP) is 6.63. The van der Waals surface area contributed by atoms with Crippen LogP contribution in [0.15, 0.2) is 71.8 Å². The van der Waals surface area contributed by atoms with Crippen LogP contribution in [0.2, 0.25) is 5.28 Å². The van der Waals surface area contributed by atoms with Crippen molar-refractivity contribution in [2.45, 2.75) is 0 Å². The van der Waals surface area contributed by atoms with Gasteiger partial charge in [0.1, 0.15) is 11.5 Å². The Labute approximate surface area is 214 Å². The minimum Gasteiger partial charge on any atom is -0.497 e. The van der Waals surface area contributed by atoms with E-state index in [9.17, 15) is 9.18 Å². The van der Waals surface area contributed by atoms with Crippen LogP contribution in [0.5, 0.6) is 17.4 Å². The highest BCUT2D eigenvalue weighted by Gasteiger charge is 2.33. The van der Waals surface area contributed by atoms with Crippen LogP contribution in [0.1, 0.15) is 5.56 Å². The average molecular weight is 524 g/mol. The lowest BCUT2D eigenvalue weighted by atomic mass is 10.0. The molecule has 1 aliphatic heterocycles. The zero-order valence-electron chi connectivity index (χ0n) is 18.1. The highest BCUT2D eigenvalue weighted by molar-refractivity contribution is 8.27. The maximum Gasteiger partial charge on any atom is 0.270 e. The molecule has 1 aromatic heterocycles. The summed E-state index contributed by atoms with van der Waals surface area (Å²) in [4.78, 5) is 22.7. The number of carbonyl (C=O) groups excluding carboxylic acids is 1. The lowest BCUT2D eigenvalue weighted by Crippen LogP contribution is -2.27. The van der Waals surface area contributed by atoms with Gasteiger partial charge in [0.05, 0.1) is 23.9 Å². The number of halogens is 2. The molecular formula is C25H15ClFN3O3S2. The van der Waals surface area contributed by atoms with Gasteiger partial charge in [-0.3, -0.25) is 9.69 Å². The van der Waals surface area contributed by atoms with Crippen LogP contribution in [0, 0.1) is 5.82 Å². The van der Waals surface area contributed by atoms with Crippen molar-refractivity contribution in [3.8, 4) is 17.4 Å². The molecule has 1 amide bonds. The normalized spacial score (nSPS) is 14.7. The summed E-state index contributed by atoms with van der Waals surface area (Å²) in [6.45, 7) is 0. The number of amides is 1. The van der Waals surface area contributed by atoms with E-state index < -0.39 is 5.82 Å². The highest BCUT2D eigenvalue weighted by atomic mass is 35.5. The van der Waals surface area contributed by atoms with Crippen LogP contribution >= 0.6 is 35.6 Å². The van der Waals surface area contributed by atoms with E-state index in [-0.39, 0.29) is 17.1 Å². The number of rotatable bonds is 5. The van der Waals surface area contributed by atoms with Gasteiger partial charge in [-0.1, -0.05) is 54.3 Å². The second-order valence-corrected chi connectivity index (χ2v) is 9.32. The molecule has 3 aromatic carbocycles. The number of hydrogen-bond donors (Lipinski definition) is 0. The van der Waals surface area contributed by atoms with Crippen molar-refractivity contribution in [1.29, 1.82) is 0 Å². The Hall–Kier alpha value is -3.53.